The summed E-state index contributed by atoms with van der Waals surface area (Å²) >= 11 is 3.32. The molecular weight excluding hydrogens is 310 g/mol. The van der Waals surface area contributed by atoms with Crippen LogP contribution >= 0.6 is 15.9 Å². The molecule has 1 heterocycles. The molecule has 108 valence electrons. The zero-order chi connectivity index (χ0) is 14.4. The predicted molar refractivity (Wildman–Crippen MR) is 80.7 cm³/mol. The van der Waals surface area contributed by atoms with Crippen LogP contribution in [0.15, 0.2) is 15.5 Å². The standard InChI is InChI=1S/C13H22BrN3O2/c1-9(2)8-19-6-5-15-11-7-16-17(10(3)4)13(18)12(11)14/h7,9-10,15H,5-6,8H2,1-4H3. The molecule has 0 radical (unpaired) electrons. The minimum absolute atomic E-state index is 0.0484. The first-order chi connectivity index (χ1) is 8.93. The van der Waals surface area contributed by atoms with Crippen molar-refractivity contribution in [2.24, 2.45) is 5.92 Å². The predicted octanol–water partition coefficient (Wildman–Crippen LogP) is 2.67. The van der Waals surface area contributed by atoms with Crippen molar-refractivity contribution in [2.75, 3.05) is 25.1 Å². The molecule has 1 aromatic heterocycles. The van der Waals surface area contributed by atoms with Gasteiger partial charge in [0, 0.05) is 13.2 Å². The average Bonchev–Trinajstić information content (AvgIpc) is 2.33. The fourth-order valence-electron chi connectivity index (χ4n) is 1.51. The molecule has 0 aliphatic heterocycles. The van der Waals surface area contributed by atoms with Crippen LogP contribution in [0.5, 0.6) is 0 Å². The molecule has 0 unspecified atom stereocenters. The number of hydrogen-bond donors (Lipinski definition) is 1. The molecule has 1 aromatic rings. The van der Waals surface area contributed by atoms with Crippen LogP contribution in [-0.4, -0.2) is 29.5 Å². The zero-order valence-corrected chi connectivity index (χ0v) is 13.5. The molecule has 1 N–H and O–H groups in total. The number of ether oxygens (including phenoxy) is 1. The van der Waals surface area contributed by atoms with E-state index in [2.05, 4.69) is 40.2 Å². The van der Waals surface area contributed by atoms with Gasteiger partial charge >= 0.3 is 0 Å². The lowest BCUT2D eigenvalue weighted by Gasteiger charge is -2.13. The molecule has 0 aliphatic rings. The lowest BCUT2D eigenvalue weighted by molar-refractivity contribution is 0.118. The Kier molecular flexibility index (Phi) is 6.51. The highest BCUT2D eigenvalue weighted by Crippen LogP contribution is 2.16. The molecule has 0 amide bonds. The molecule has 5 nitrogen and oxygen atoms in total. The Morgan fingerprint density at radius 3 is 2.68 bits per heavy atom. The maximum atomic E-state index is 12.0. The lowest BCUT2D eigenvalue weighted by atomic mass is 10.2. The number of rotatable bonds is 7. The molecule has 19 heavy (non-hydrogen) atoms. The van der Waals surface area contributed by atoms with Crippen molar-refractivity contribution in [3.05, 3.63) is 21.0 Å². The second-order valence-corrected chi connectivity index (χ2v) is 5.90. The minimum Gasteiger partial charge on any atom is -0.380 e. The van der Waals surface area contributed by atoms with E-state index < -0.39 is 0 Å². The van der Waals surface area contributed by atoms with E-state index in [1.807, 2.05) is 13.8 Å². The third kappa shape index (κ3) is 4.95. The van der Waals surface area contributed by atoms with Gasteiger partial charge in [-0.2, -0.15) is 5.10 Å². The van der Waals surface area contributed by atoms with Crippen LogP contribution < -0.4 is 10.9 Å². The molecule has 0 aromatic carbocycles. The van der Waals surface area contributed by atoms with Crippen molar-refractivity contribution < 1.29 is 4.74 Å². The first kappa shape index (κ1) is 16.2. The van der Waals surface area contributed by atoms with Gasteiger partial charge in [-0.1, -0.05) is 13.8 Å². The third-order valence-electron chi connectivity index (χ3n) is 2.45. The van der Waals surface area contributed by atoms with Gasteiger partial charge in [0.2, 0.25) is 0 Å². The number of halogens is 1. The van der Waals surface area contributed by atoms with E-state index in [9.17, 15) is 4.79 Å². The van der Waals surface area contributed by atoms with Crippen LogP contribution in [0.3, 0.4) is 0 Å². The number of nitrogens with one attached hydrogen (secondary N) is 1. The van der Waals surface area contributed by atoms with Crippen molar-refractivity contribution >= 4 is 21.6 Å². The number of anilines is 1. The van der Waals surface area contributed by atoms with Gasteiger partial charge in [0.05, 0.1) is 24.5 Å². The minimum atomic E-state index is -0.122. The molecule has 1 rings (SSSR count). The topological polar surface area (TPSA) is 56.1 Å². The maximum absolute atomic E-state index is 12.0. The van der Waals surface area contributed by atoms with E-state index in [4.69, 9.17) is 4.74 Å². The van der Waals surface area contributed by atoms with E-state index in [1.165, 1.54) is 4.68 Å². The Morgan fingerprint density at radius 1 is 1.42 bits per heavy atom. The quantitative estimate of drug-likeness (QED) is 0.780. The largest absolute Gasteiger partial charge is 0.380 e. The van der Waals surface area contributed by atoms with Crippen molar-refractivity contribution in [2.45, 2.75) is 33.7 Å². The van der Waals surface area contributed by atoms with Crippen molar-refractivity contribution in [1.29, 1.82) is 0 Å². The summed E-state index contributed by atoms with van der Waals surface area (Å²) in [5, 5.41) is 7.28. The van der Waals surface area contributed by atoms with Crippen molar-refractivity contribution in [1.82, 2.24) is 9.78 Å². The molecule has 0 aliphatic carbocycles. The van der Waals surface area contributed by atoms with Gasteiger partial charge in [-0.05, 0) is 35.7 Å². The van der Waals surface area contributed by atoms with Crippen LogP contribution in [0.25, 0.3) is 0 Å². The second kappa shape index (κ2) is 7.65. The summed E-state index contributed by atoms with van der Waals surface area (Å²) in [6.07, 6.45) is 1.66. The molecule has 0 spiro atoms. The normalized spacial score (nSPS) is 11.3. The number of nitrogens with zero attached hydrogens (tertiary/aromatic N) is 2. The van der Waals surface area contributed by atoms with Gasteiger partial charge in [-0.15, -0.1) is 0 Å². The third-order valence-corrected chi connectivity index (χ3v) is 3.21. The molecule has 0 saturated carbocycles. The summed E-state index contributed by atoms with van der Waals surface area (Å²) in [5.74, 6) is 0.531. The summed E-state index contributed by atoms with van der Waals surface area (Å²) in [7, 11) is 0. The summed E-state index contributed by atoms with van der Waals surface area (Å²) in [6.45, 7) is 10.1. The Bertz CT molecular complexity index is 458. The number of aromatic nitrogens is 2. The van der Waals surface area contributed by atoms with E-state index in [1.54, 1.807) is 6.20 Å². The van der Waals surface area contributed by atoms with E-state index in [-0.39, 0.29) is 11.6 Å². The maximum Gasteiger partial charge on any atom is 0.283 e. The number of hydrogen-bond acceptors (Lipinski definition) is 4. The molecule has 0 fully saturated rings. The highest BCUT2D eigenvalue weighted by molar-refractivity contribution is 9.10. The van der Waals surface area contributed by atoms with Crippen LogP contribution in [-0.2, 0) is 4.74 Å². The molecule has 0 atom stereocenters. The van der Waals surface area contributed by atoms with Gasteiger partial charge in [0.25, 0.3) is 5.56 Å². The Labute approximate surface area is 122 Å². The Hall–Kier alpha value is -0.880. The summed E-state index contributed by atoms with van der Waals surface area (Å²) in [6, 6.07) is 0.0484. The Balaban J connectivity index is 2.56. The first-order valence-corrected chi connectivity index (χ1v) is 7.31. The van der Waals surface area contributed by atoms with Crippen LogP contribution in [0, 0.1) is 5.92 Å². The summed E-state index contributed by atoms with van der Waals surface area (Å²) < 4.78 is 7.43. The summed E-state index contributed by atoms with van der Waals surface area (Å²) in [4.78, 5) is 12.0. The SMILES string of the molecule is CC(C)COCCNc1cnn(C(C)C)c(=O)c1Br. The fraction of sp³-hybridized carbons (Fsp3) is 0.692. The van der Waals surface area contributed by atoms with Gasteiger partial charge < -0.3 is 10.1 Å². The molecular formula is C13H22BrN3O2. The van der Waals surface area contributed by atoms with Crippen molar-refractivity contribution in [3.63, 3.8) is 0 Å². The zero-order valence-electron chi connectivity index (χ0n) is 11.9. The lowest BCUT2D eigenvalue weighted by Crippen LogP contribution is -2.26. The molecule has 0 saturated heterocycles. The highest BCUT2D eigenvalue weighted by Gasteiger charge is 2.10. The van der Waals surface area contributed by atoms with Crippen LogP contribution in [0.4, 0.5) is 5.69 Å². The van der Waals surface area contributed by atoms with Gasteiger partial charge in [-0.25, -0.2) is 4.68 Å². The van der Waals surface area contributed by atoms with Crippen LogP contribution in [0.1, 0.15) is 33.7 Å². The smallest absolute Gasteiger partial charge is 0.283 e. The Morgan fingerprint density at radius 2 is 2.11 bits per heavy atom. The molecule has 6 heteroatoms. The van der Waals surface area contributed by atoms with Crippen molar-refractivity contribution in [3.8, 4) is 0 Å². The molecule has 0 bridgehead atoms. The average molecular weight is 332 g/mol. The van der Waals surface area contributed by atoms with Gasteiger partial charge in [0.1, 0.15) is 4.47 Å². The van der Waals surface area contributed by atoms with E-state index in [0.717, 1.165) is 6.61 Å². The van der Waals surface area contributed by atoms with E-state index >= 15 is 0 Å². The van der Waals surface area contributed by atoms with Gasteiger partial charge in [-0.3, -0.25) is 4.79 Å². The van der Waals surface area contributed by atoms with Gasteiger partial charge in [0.15, 0.2) is 0 Å². The summed E-state index contributed by atoms with van der Waals surface area (Å²) in [5.41, 5.74) is 0.582. The fourth-order valence-corrected chi connectivity index (χ4v) is 1.94. The monoisotopic (exact) mass is 331 g/mol. The second-order valence-electron chi connectivity index (χ2n) is 5.11. The highest BCUT2D eigenvalue weighted by atomic mass is 79.9. The van der Waals surface area contributed by atoms with E-state index in [0.29, 0.717) is 29.2 Å². The van der Waals surface area contributed by atoms with Crippen LogP contribution in [0.2, 0.25) is 0 Å². The first-order valence-electron chi connectivity index (χ1n) is 6.52.